The van der Waals surface area contributed by atoms with E-state index < -0.39 is 4.92 Å². The number of nitro groups is 1. The van der Waals surface area contributed by atoms with Gasteiger partial charge in [0.25, 0.3) is 5.69 Å². The van der Waals surface area contributed by atoms with Gasteiger partial charge in [0.05, 0.1) is 17.7 Å². The van der Waals surface area contributed by atoms with Crippen molar-refractivity contribution in [1.29, 1.82) is 0 Å². The van der Waals surface area contributed by atoms with Crippen LogP contribution in [0.5, 0.6) is 5.75 Å². The Kier molecular flexibility index (Phi) is 5.08. The van der Waals surface area contributed by atoms with Crippen LogP contribution in [0.2, 0.25) is 0 Å². The van der Waals surface area contributed by atoms with Crippen LogP contribution >= 0.6 is 0 Å². The quantitative estimate of drug-likeness (QED) is 0.502. The number of non-ortho nitro benzene ring substituents is 1. The van der Waals surface area contributed by atoms with E-state index in [4.69, 9.17) is 4.74 Å². The average molecular weight is 299 g/mol. The van der Waals surface area contributed by atoms with E-state index in [-0.39, 0.29) is 5.69 Å². The lowest BCUT2D eigenvalue weighted by Crippen LogP contribution is -2.03. The Labute approximate surface area is 128 Å². The van der Waals surface area contributed by atoms with Crippen molar-refractivity contribution in [3.63, 3.8) is 0 Å². The molecular formula is C16H17N3O3. The molecule has 0 aliphatic rings. The highest BCUT2D eigenvalue weighted by Gasteiger charge is 2.06. The number of methoxy groups -OCH3 is 1. The number of rotatable bonds is 6. The average Bonchev–Trinajstić information content (AvgIpc) is 2.53. The normalized spacial score (nSPS) is 11.1. The summed E-state index contributed by atoms with van der Waals surface area (Å²) in [6.45, 7) is 1.89. The molecule has 6 nitrogen and oxygen atoms in total. The van der Waals surface area contributed by atoms with Crippen molar-refractivity contribution in [2.45, 2.75) is 13.3 Å². The first-order chi connectivity index (χ1) is 10.6. The van der Waals surface area contributed by atoms with Crippen LogP contribution in [0, 0.1) is 10.1 Å². The summed E-state index contributed by atoms with van der Waals surface area (Å²) in [5, 5.41) is 15.0. The fraction of sp³-hybridized carbons (Fsp3) is 0.188. The predicted octanol–water partition coefficient (Wildman–Crippen LogP) is 3.63. The second-order valence-electron chi connectivity index (χ2n) is 4.75. The lowest BCUT2D eigenvalue weighted by atomic mass is 10.1. The topological polar surface area (TPSA) is 76.8 Å². The number of para-hydroxylation sites is 1. The van der Waals surface area contributed by atoms with Gasteiger partial charge in [0.15, 0.2) is 0 Å². The first-order valence-electron chi connectivity index (χ1n) is 6.75. The number of anilines is 1. The molecule has 2 aromatic carbocycles. The number of ether oxygens (including phenoxy) is 1. The van der Waals surface area contributed by atoms with Gasteiger partial charge >= 0.3 is 0 Å². The van der Waals surface area contributed by atoms with Gasteiger partial charge in [0.1, 0.15) is 5.75 Å². The van der Waals surface area contributed by atoms with Crippen molar-refractivity contribution < 1.29 is 9.66 Å². The number of hydrogen-bond donors (Lipinski definition) is 1. The minimum Gasteiger partial charge on any atom is -0.496 e. The van der Waals surface area contributed by atoms with E-state index in [0.29, 0.717) is 12.1 Å². The second-order valence-corrected chi connectivity index (χ2v) is 4.75. The summed E-state index contributed by atoms with van der Waals surface area (Å²) in [6.07, 6.45) is 0.631. The van der Waals surface area contributed by atoms with Gasteiger partial charge in [0.2, 0.25) is 0 Å². The number of benzene rings is 2. The van der Waals surface area contributed by atoms with Crippen LogP contribution in [0.1, 0.15) is 12.5 Å². The molecule has 2 aromatic rings. The molecule has 0 radical (unpaired) electrons. The lowest BCUT2D eigenvalue weighted by molar-refractivity contribution is -0.384. The number of nitrogens with one attached hydrogen (secondary N) is 1. The molecule has 0 atom stereocenters. The van der Waals surface area contributed by atoms with E-state index >= 15 is 0 Å². The highest BCUT2D eigenvalue weighted by atomic mass is 16.6. The van der Waals surface area contributed by atoms with Crippen LogP contribution in [0.15, 0.2) is 53.6 Å². The van der Waals surface area contributed by atoms with Crippen molar-refractivity contribution in [2.24, 2.45) is 5.10 Å². The molecule has 0 fully saturated rings. The zero-order valence-electron chi connectivity index (χ0n) is 12.4. The first kappa shape index (κ1) is 15.5. The largest absolute Gasteiger partial charge is 0.496 e. The molecule has 22 heavy (non-hydrogen) atoms. The Morgan fingerprint density at radius 2 is 2.05 bits per heavy atom. The van der Waals surface area contributed by atoms with E-state index in [9.17, 15) is 10.1 Å². The molecule has 0 saturated carbocycles. The summed E-state index contributed by atoms with van der Waals surface area (Å²) in [5.41, 5.74) is 5.33. The molecule has 0 amide bonds. The Morgan fingerprint density at radius 3 is 2.77 bits per heavy atom. The summed E-state index contributed by atoms with van der Waals surface area (Å²) >= 11 is 0. The van der Waals surface area contributed by atoms with Crippen molar-refractivity contribution in [3.8, 4) is 5.75 Å². The first-order valence-corrected chi connectivity index (χ1v) is 6.75. The SMILES string of the molecule is COc1ccccc1C/C(C)=N\Nc1cccc([N+](=O)[O-])c1. The smallest absolute Gasteiger partial charge is 0.271 e. The van der Waals surface area contributed by atoms with Crippen LogP contribution < -0.4 is 10.2 Å². The molecule has 2 rings (SSSR count). The molecule has 0 spiro atoms. The third kappa shape index (κ3) is 4.05. The van der Waals surface area contributed by atoms with Crippen molar-refractivity contribution in [1.82, 2.24) is 0 Å². The maximum absolute atomic E-state index is 10.7. The summed E-state index contributed by atoms with van der Waals surface area (Å²) in [5.74, 6) is 0.812. The van der Waals surface area contributed by atoms with Gasteiger partial charge in [-0.1, -0.05) is 24.3 Å². The number of hydrogen-bond acceptors (Lipinski definition) is 5. The zero-order chi connectivity index (χ0) is 15.9. The molecule has 0 heterocycles. The Hall–Kier alpha value is -2.89. The summed E-state index contributed by atoms with van der Waals surface area (Å²) in [6, 6.07) is 14.0. The summed E-state index contributed by atoms with van der Waals surface area (Å²) in [7, 11) is 1.63. The third-order valence-corrected chi connectivity index (χ3v) is 3.07. The second kappa shape index (κ2) is 7.21. The van der Waals surface area contributed by atoms with Crippen molar-refractivity contribution in [2.75, 3.05) is 12.5 Å². The Bertz CT molecular complexity index is 699. The fourth-order valence-corrected chi connectivity index (χ4v) is 2.01. The van der Waals surface area contributed by atoms with Crippen LogP contribution in [0.4, 0.5) is 11.4 Å². The number of hydrazone groups is 1. The number of nitro benzene ring substituents is 1. The molecular weight excluding hydrogens is 282 g/mol. The molecule has 114 valence electrons. The van der Waals surface area contributed by atoms with Gasteiger partial charge in [-0.15, -0.1) is 0 Å². The number of nitrogens with zero attached hydrogens (tertiary/aromatic N) is 2. The predicted molar refractivity (Wildman–Crippen MR) is 86.5 cm³/mol. The highest BCUT2D eigenvalue weighted by molar-refractivity contribution is 5.85. The van der Waals surface area contributed by atoms with Crippen molar-refractivity contribution in [3.05, 3.63) is 64.2 Å². The van der Waals surface area contributed by atoms with Gasteiger partial charge in [-0.05, 0) is 24.6 Å². The molecule has 0 saturated heterocycles. The molecule has 0 unspecified atom stereocenters. The van der Waals surface area contributed by atoms with Gasteiger partial charge in [-0.2, -0.15) is 5.10 Å². The molecule has 0 aromatic heterocycles. The molecule has 1 N–H and O–H groups in total. The maximum atomic E-state index is 10.7. The standard InChI is InChI=1S/C16H17N3O3/c1-12(10-13-6-3-4-9-16(13)22-2)17-18-14-7-5-8-15(11-14)19(20)21/h3-9,11,18H,10H2,1-2H3/b17-12-. The Balaban J connectivity index is 2.07. The van der Waals surface area contributed by atoms with Gasteiger partial charge < -0.3 is 4.74 Å². The van der Waals surface area contributed by atoms with Crippen LogP contribution in [-0.4, -0.2) is 17.7 Å². The maximum Gasteiger partial charge on any atom is 0.271 e. The third-order valence-electron chi connectivity index (χ3n) is 3.07. The van der Waals surface area contributed by atoms with E-state index in [1.54, 1.807) is 19.2 Å². The van der Waals surface area contributed by atoms with Gasteiger partial charge in [0, 0.05) is 24.3 Å². The van der Waals surface area contributed by atoms with E-state index in [1.807, 2.05) is 31.2 Å². The molecule has 0 bridgehead atoms. The summed E-state index contributed by atoms with van der Waals surface area (Å²) in [4.78, 5) is 10.3. The highest BCUT2D eigenvalue weighted by Crippen LogP contribution is 2.19. The molecule has 6 heteroatoms. The molecule has 0 aliphatic carbocycles. The van der Waals surface area contributed by atoms with Crippen LogP contribution in [-0.2, 0) is 6.42 Å². The van der Waals surface area contributed by atoms with E-state index in [0.717, 1.165) is 17.0 Å². The van der Waals surface area contributed by atoms with Gasteiger partial charge in [-0.25, -0.2) is 0 Å². The monoisotopic (exact) mass is 299 g/mol. The van der Waals surface area contributed by atoms with E-state index in [2.05, 4.69) is 10.5 Å². The minimum atomic E-state index is -0.434. The van der Waals surface area contributed by atoms with Gasteiger partial charge in [-0.3, -0.25) is 15.5 Å². The van der Waals surface area contributed by atoms with Crippen molar-refractivity contribution >= 4 is 17.1 Å². The summed E-state index contributed by atoms with van der Waals surface area (Å²) < 4.78 is 5.30. The van der Waals surface area contributed by atoms with E-state index in [1.165, 1.54) is 12.1 Å². The fourth-order valence-electron chi connectivity index (χ4n) is 2.01. The minimum absolute atomic E-state index is 0.0302. The van der Waals surface area contributed by atoms with Crippen LogP contribution in [0.25, 0.3) is 0 Å². The van der Waals surface area contributed by atoms with Crippen LogP contribution in [0.3, 0.4) is 0 Å². The Morgan fingerprint density at radius 1 is 1.27 bits per heavy atom. The lowest BCUT2D eigenvalue weighted by Gasteiger charge is -2.08. The molecule has 0 aliphatic heterocycles. The zero-order valence-corrected chi connectivity index (χ0v) is 12.4.